The van der Waals surface area contributed by atoms with E-state index in [0.717, 1.165) is 38.5 Å². The molecule has 6 atom stereocenters. The summed E-state index contributed by atoms with van der Waals surface area (Å²) in [6.45, 7) is 8.36. The van der Waals surface area contributed by atoms with Crippen LogP contribution in [0.2, 0.25) is 0 Å². The van der Waals surface area contributed by atoms with E-state index >= 15 is 0 Å². The van der Waals surface area contributed by atoms with Gasteiger partial charge in [-0.3, -0.25) is 9.59 Å². The monoisotopic (exact) mass is 698 g/mol. The first kappa shape index (κ1) is 45.8. The smallest absolute Gasteiger partial charge is 0.237 e. The van der Waals surface area contributed by atoms with E-state index in [1.54, 1.807) is 4.90 Å². The van der Waals surface area contributed by atoms with Crippen LogP contribution in [0.3, 0.4) is 0 Å². The molecule has 1 aliphatic rings. The van der Waals surface area contributed by atoms with E-state index in [2.05, 4.69) is 19.2 Å². The fourth-order valence-electron chi connectivity index (χ4n) is 7.01. The molecule has 1 fully saturated rings. The third-order valence-corrected chi connectivity index (χ3v) is 10.1. The summed E-state index contributed by atoms with van der Waals surface area (Å²) in [5.41, 5.74) is 6.17. The van der Waals surface area contributed by atoms with Crippen molar-refractivity contribution >= 4 is 11.8 Å². The molecule has 1 saturated heterocycles. The second-order valence-electron chi connectivity index (χ2n) is 15.3. The Morgan fingerprint density at radius 1 is 0.694 bits per heavy atom. The zero-order valence-electron chi connectivity index (χ0n) is 32.2. The molecule has 9 heteroatoms. The van der Waals surface area contributed by atoms with Gasteiger partial charge in [0.2, 0.25) is 11.8 Å². The standard InChI is InChI=1S/C40H79N3O6/c1-5-7-9-11-13-15-17-19-21-23-25-27-29-43(35(45)28-26-24-22-20-18-16-14-12-10-8-6-2)40-36(38(47)37(46)34(31-44)49-40)42-39(48)33(41)30-32(3)4/h32-34,36-38,40,44,46-47H,5-31,41H2,1-4H3,(H,42,48)/t33-,34+,36+,37+,38+,40+/m0/s1. The number of rotatable bonds is 31. The molecule has 0 unspecified atom stereocenters. The predicted molar refractivity (Wildman–Crippen MR) is 201 cm³/mol. The van der Waals surface area contributed by atoms with Crippen LogP contribution in [-0.4, -0.2) is 81.8 Å². The van der Waals surface area contributed by atoms with Crippen LogP contribution >= 0.6 is 0 Å². The summed E-state index contributed by atoms with van der Waals surface area (Å²) in [6.07, 6.45) is 23.5. The molecule has 0 aliphatic carbocycles. The maximum absolute atomic E-state index is 13.8. The zero-order valence-corrected chi connectivity index (χ0v) is 32.2. The van der Waals surface area contributed by atoms with Gasteiger partial charge in [-0.1, -0.05) is 163 Å². The van der Waals surface area contributed by atoms with E-state index in [0.29, 0.717) is 19.4 Å². The van der Waals surface area contributed by atoms with Crippen LogP contribution in [0.4, 0.5) is 0 Å². The maximum atomic E-state index is 13.8. The van der Waals surface area contributed by atoms with Gasteiger partial charge in [-0.2, -0.15) is 0 Å². The third-order valence-electron chi connectivity index (χ3n) is 10.1. The van der Waals surface area contributed by atoms with Crippen molar-refractivity contribution < 1.29 is 29.6 Å². The highest BCUT2D eigenvalue weighted by Crippen LogP contribution is 2.26. The van der Waals surface area contributed by atoms with Gasteiger partial charge in [-0.05, 0) is 25.2 Å². The first-order chi connectivity index (χ1) is 23.7. The number of nitrogens with one attached hydrogen (secondary N) is 1. The number of aliphatic hydroxyl groups is 3. The van der Waals surface area contributed by atoms with Crippen molar-refractivity contribution in [2.75, 3.05) is 13.2 Å². The highest BCUT2D eigenvalue weighted by atomic mass is 16.5. The summed E-state index contributed by atoms with van der Waals surface area (Å²) >= 11 is 0. The Kier molecular flexibility index (Phi) is 27.4. The summed E-state index contributed by atoms with van der Waals surface area (Å²) in [5, 5.41) is 34.7. The molecule has 2 amide bonds. The van der Waals surface area contributed by atoms with Crippen LogP contribution in [0.15, 0.2) is 0 Å². The molecule has 290 valence electrons. The van der Waals surface area contributed by atoms with Crippen LogP contribution in [-0.2, 0) is 14.3 Å². The van der Waals surface area contributed by atoms with Crippen LogP contribution in [0.5, 0.6) is 0 Å². The van der Waals surface area contributed by atoms with Crippen LogP contribution < -0.4 is 11.1 Å². The van der Waals surface area contributed by atoms with Crippen molar-refractivity contribution in [3.63, 3.8) is 0 Å². The maximum Gasteiger partial charge on any atom is 0.237 e. The Hall–Kier alpha value is -1.26. The van der Waals surface area contributed by atoms with Crippen molar-refractivity contribution in [3.05, 3.63) is 0 Å². The van der Waals surface area contributed by atoms with E-state index in [4.69, 9.17) is 10.5 Å². The summed E-state index contributed by atoms with van der Waals surface area (Å²) in [6, 6.07) is -1.86. The lowest BCUT2D eigenvalue weighted by molar-refractivity contribution is -0.231. The molecule has 1 aliphatic heterocycles. The highest BCUT2D eigenvalue weighted by Gasteiger charge is 2.48. The molecular weight excluding hydrogens is 618 g/mol. The molecule has 1 heterocycles. The highest BCUT2D eigenvalue weighted by molar-refractivity contribution is 5.82. The quantitative estimate of drug-likeness (QED) is 0.0472. The van der Waals surface area contributed by atoms with Gasteiger partial charge in [-0.25, -0.2) is 0 Å². The first-order valence-corrected chi connectivity index (χ1v) is 20.7. The molecule has 9 nitrogen and oxygen atoms in total. The summed E-state index contributed by atoms with van der Waals surface area (Å²) < 4.78 is 6.13. The van der Waals surface area contributed by atoms with Crippen molar-refractivity contribution in [1.29, 1.82) is 0 Å². The molecule has 49 heavy (non-hydrogen) atoms. The fourth-order valence-corrected chi connectivity index (χ4v) is 7.01. The van der Waals surface area contributed by atoms with Crippen LogP contribution in [0.25, 0.3) is 0 Å². The number of unbranched alkanes of at least 4 members (excludes halogenated alkanes) is 21. The lowest BCUT2D eigenvalue weighted by Gasteiger charge is -2.47. The zero-order chi connectivity index (χ0) is 36.3. The average molecular weight is 698 g/mol. The van der Waals surface area contributed by atoms with E-state index in [-0.39, 0.29) is 11.8 Å². The van der Waals surface area contributed by atoms with Crippen LogP contribution in [0, 0.1) is 5.92 Å². The van der Waals surface area contributed by atoms with Gasteiger partial charge in [0.05, 0.1) is 12.6 Å². The number of hydrogen-bond acceptors (Lipinski definition) is 7. The number of amides is 2. The Labute approximate surface area is 300 Å². The summed E-state index contributed by atoms with van der Waals surface area (Å²) in [7, 11) is 0. The normalized spacial score (nSPS) is 21.6. The number of carbonyl (C=O) groups excluding carboxylic acids is 2. The first-order valence-electron chi connectivity index (χ1n) is 20.7. The number of ether oxygens (including phenoxy) is 1. The van der Waals surface area contributed by atoms with E-state index in [1.165, 1.54) is 109 Å². The van der Waals surface area contributed by atoms with Crippen molar-refractivity contribution in [2.45, 2.75) is 225 Å². The molecule has 0 saturated carbocycles. The van der Waals surface area contributed by atoms with Gasteiger partial charge >= 0.3 is 0 Å². The number of aliphatic hydroxyl groups excluding tert-OH is 3. The minimum absolute atomic E-state index is 0.0880. The Bertz CT molecular complexity index is 815. The predicted octanol–water partition coefficient (Wildman–Crippen LogP) is 7.51. The topological polar surface area (TPSA) is 145 Å². The summed E-state index contributed by atoms with van der Waals surface area (Å²) in [4.78, 5) is 28.6. The van der Waals surface area contributed by atoms with E-state index in [1.807, 2.05) is 13.8 Å². The van der Waals surface area contributed by atoms with E-state index < -0.39 is 49.1 Å². The van der Waals surface area contributed by atoms with Crippen molar-refractivity contribution in [2.24, 2.45) is 11.7 Å². The molecule has 0 aromatic rings. The number of hydrogen-bond donors (Lipinski definition) is 5. The average Bonchev–Trinajstić information content (AvgIpc) is 3.07. The third kappa shape index (κ3) is 20.4. The van der Waals surface area contributed by atoms with Gasteiger partial charge in [0.1, 0.15) is 24.4 Å². The number of nitrogens with zero attached hydrogens (tertiary/aromatic N) is 1. The van der Waals surface area contributed by atoms with Crippen molar-refractivity contribution in [3.8, 4) is 0 Å². The second kappa shape index (κ2) is 29.3. The van der Waals surface area contributed by atoms with Gasteiger partial charge in [0.25, 0.3) is 0 Å². The van der Waals surface area contributed by atoms with Gasteiger partial charge in [0.15, 0.2) is 6.23 Å². The molecular formula is C40H79N3O6. The lowest BCUT2D eigenvalue weighted by atomic mass is 9.94. The van der Waals surface area contributed by atoms with Gasteiger partial charge in [-0.15, -0.1) is 0 Å². The Morgan fingerprint density at radius 2 is 1.12 bits per heavy atom. The fraction of sp³-hybridized carbons (Fsp3) is 0.950. The van der Waals surface area contributed by atoms with Crippen LogP contribution in [0.1, 0.15) is 188 Å². The SMILES string of the molecule is CCCCCCCCCCCCCCN(C(=O)CCCCCCCCCCCCC)[C@@H]1O[C@H](CO)[C@@H](O)[C@H](O)[C@H]1NC(=O)[C@@H](N)CC(C)C. The Morgan fingerprint density at radius 3 is 1.55 bits per heavy atom. The molecule has 0 bridgehead atoms. The lowest BCUT2D eigenvalue weighted by Crippen LogP contribution is -2.69. The summed E-state index contributed by atoms with van der Waals surface area (Å²) in [5.74, 6) is -0.345. The molecule has 0 radical (unpaired) electrons. The van der Waals surface area contributed by atoms with E-state index in [9.17, 15) is 24.9 Å². The second-order valence-corrected chi connectivity index (χ2v) is 15.3. The largest absolute Gasteiger partial charge is 0.394 e. The molecule has 0 aromatic heterocycles. The minimum Gasteiger partial charge on any atom is -0.394 e. The number of nitrogens with two attached hydrogens (primary N) is 1. The number of carbonyl (C=O) groups is 2. The van der Waals surface area contributed by atoms with Gasteiger partial charge < -0.3 is 36.0 Å². The Balaban J connectivity index is 2.80. The van der Waals surface area contributed by atoms with Gasteiger partial charge in [0, 0.05) is 13.0 Å². The molecule has 6 N–H and O–H groups in total. The molecule has 0 aromatic carbocycles. The minimum atomic E-state index is -1.43. The molecule has 1 rings (SSSR count). The van der Waals surface area contributed by atoms with Crippen molar-refractivity contribution in [1.82, 2.24) is 10.2 Å². The molecule has 0 spiro atoms.